The molecule has 3 heteroatoms. The topological polar surface area (TPSA) is 40.5 Å². The SMILES string of the molecule is O=C(O)C=Cc1ccccc1N(CC1CC1)C1CC1. The highest BCUT2D eigenvalue weighted by molar-refractivity contribution is 5.87. The van der Waals surface area contributed by atoms with Gasteiger partial charge in [-0.05, 0) is 49.3 Å². The molecule has 0 aromatic heterocycles. The number of carboxylic acid groups (broad SMARTS) is 1. The smallest absolute Gasteiger partial charge is 0.328 e. The molecule has 0 radical (unpaired) electrons. The van der Waals surface area contributed by atoms with Crippen LogP contribution in [0.2, 0.25) is 0 Å². The number of para-hydroxylation sites is 1. The van der Waals surface area contributed by atoms with Gasteiger partial charge < -0.3 is 10.0 Å². The van der Waals surface area contributed by atoms with Crippen molar-refractivity contribution in [3.8, 4) is 0 Å². The normalized spacial score (nSPS) is 18.7. The van der Waals surface area contributed by atoms with Gasteiger partial charge in [-0.25, -0.2) is 4.79 Å². The zero-order chi connectivity index (χ0) is 13.2. The standard InChI is InChI=1S/C16H19NO2/c18-16(19)10-7-13-3-1-2-4-15(13)17(14-8-9-14)11-12-5-6-12/h1-4,7,10,12,14H,5-6,8-9,11H2,(H,18,19). The van der Waals surface area contributed by atoms with Gasteiger partial charge in [0.25, 0.3) is 0 Å². The highest BCUT2D eigenvalue weighted by atomic mass is 16.4. The van der Waals surface area contributed by atoms with Crippen molar-refractivity contribution >= 4 is 17.7 Å². The Morgan fingerprint density at radius 1 is 1.26 bits per heavy atom. The molecule has 1 aromatic rings. The Bertz CT molecular complexity index is 501. The first kappa shape index (κ1) is 12.3. The van der Waals surface area contributed by atoms with E-state index in [9.17, 15) is 4.79 Å². The predicted octanol–water partition coefficient (Wildman–Crippen LogP) is 3.16. The fourth-order valence-electron chi connectivity index (χ4n) is 2.46. The number of carbonyl (C=O) groups is 1. The van der Waals surface area contributed by atoms with E-state index >= 15 is 0 Å². The van der Waals surface area contributed by atoms with Crippen LogP contribution in [-0.2, 0) is 4.79 Å². The molecule has 3 rings (SSSR count). The Morgan fingerprint density at radius 3 is 2.63 bits per heavy atom. The summed E-state index contributed by atoms with van der Waals surface area (Å²) in [5.41, 5.74) is 2.20. The first-order valence-corrected chi connectivity index (χ1v) is 7.01. The van der Waals surface area contributed by atoms with E-state index in [2.05, 4.69) is 11.0 Å². The molecule has 0 spiro atoms. The van der Waals surface area contributed by atoms with Gasteiger partial charge in [-0.1, -0.05) is 18.2 Å². The molecule has 0 aliphatic heterocycles. The van der Waals surface area contributed by atoms with Crippen LogP contribution in [0.15, 0.2) is 30.3 Å². The van der Waals surface area contributed by atoms with Gasteiger partial charge in [-0.15, -0.1) is 0 Å². The van der Waals surface area contributed by atoms with E-state index < -0.39 is 5.97 Å². The van der Waals surface area contributed by atoms with Crippen molar-refractivity contribution in [3.05, 3.63) is 35.9 Å². The molecular formula is C16H19NO2. The summed E-state index contributed by atoms with van der Waals surface area (Å²) in [6.45, 7) is 1.13. The van der Waals surface area contributed by atoms with Crippen LogP contribution in [0, 0.1) is 5.92 Å². The van der Waals surface area contributed by atoms with Crippen molar-refractivity contribution in [1.82, 2.24) is 0 Å². The van der Waals surface area contributed by atoms with Crippen LogP contribution in [0.5, 0.6) is 0 Å². The Morgan fingerprint density at radius 2 is 2.00 bits per heavy atom. The van der Waals surface area contributed by atoms with E-state index in [1.165, 1.54) is 37.4 Å². The highest BCUT2D eigenvalue weighted by Crippen LogP contribution is 2.39. The Balaban J connectivity index is 1.85. The molecule has 2 saturated carbocycles. The minimum absolute atomic E-state index is 0.667. The van der Waals surface area contributed by atoms with Crippen LogP contribution in [0.3, 0.4) is 0 Å². The fraction of sp³-hybridized carbons (Fsp3) is 0.438. The summed E-state index contributed by atoms with van der Waals surface area (Å²) in [5.74, 6) is -0.0490. The number of hydrogen-bond donors (Lipinski definition) is 1. The van der Waals surface area contributed by atoms with Gasteiger partial charge in [0.2, 0.25) is 0 Å². The molecule has 1 aromatic carbocycles. The van der Waals surface area contributed by atoms with Gasteiger partial charge in [-0.3, -0.25) is 0 Å². The first-order valence-electron chi connectivity index (χ1n) is 7.01. The Labute approximate surface area is 113 Å². The number of aliphatic carboxylic acids is 1. The summed E-state index contributed by atoms with van der Waals surface area (Å²) in [5, 5.41) is 8.78. The van der Waals surface area contributed by atoms with E-state index in [1.54, 1.807) is 6.08 Å². The minimum atomic E-state index is -0.894. The molecule has 100 valence electrons. The quantitative estimate of drug-likeness (QED) is 0.796. The van der Waals surface area contributed by atoms with E-state index in [1.807, 2.05) is 18.2 Å². The number of rotatable bonds is 6. The average Bonchev–Trinajstić information content (AvgIpc) is 3.27. The van der Waals surface area contributed by atoms with Crippen LogP contribution in [0.1, 0.15) is 31.2 Å². The van der Waals surface area contributed by atoms with Gasteiger partial charge in [0, 0.05) is 24.4 Å². The third-order valence-corrected chi connectivity index (χ3v) is 3.79. The average molecular weight is 257 g/mol. The molecule has 3 nitrogen and oxygen atoms in total. The number of benzene rings is 1. The lowest BCUT2D eigenvalue weighted by Gasteiger charge is -2.26. The third-order valence-electron chi connectivity index (χ3n) is 3.79. The molecule has 2 aliphatic rings. The van der Waals surface area contributed by atoms with Crippen LogP contribution >= 0.6 is 0 Å². The molecule has 19 heavy (non-hydrogen) atoms. The second kappa shape index (κ2) is 5.08. The number of anilines is 1. The summed E-state index contributed by atoms with van der Waals surface area (Å²) >= 11 is 0. The van der Waals surface area contributed by atoms with Gasteiger partial charge in [0.1, 0.15) is 0 Å². The second-order valence-corrected chi connectivity index (χ2v) is 5.56. The van der Waals surface area contributed by atoms with Gasteiger partial charge in [-0.2, -0.15) is 0 Å². The van der Waals surface area contributed by atoms with Crippen LogP contribution in [0.25, 0.3) is 6.08 Å². The van der Waals surface area contributed by atoms with Gasteiger partial charge in [0.15, 0.2) is 0 Å². The van der Waals surface area contributed by atoms with Crippen molar-refractivity contribution in [1.29, 1.82) is 0 Å². The number of nitrogens with zero attached hydrogens (tertiary/aromatic N) is 1. The van der Waals surface area contributed by atoms with Crippen LogP contribution in [-0.4, -0.2) is 23.7 Å². The lowest BCUT2D eigenvalue weighted by atomic mass is 10.1. The van der Waals surface area contributed by atoms with E-state index in [4.69, 9.17) is 5.11 Å². The predicted molar refractivity (Wildman–Crippen MR) is 76.2 cm³/mol. The summed E-state index contributed by atoms with van der Waals surface area (Å²) < 4.78 is 0. The molecule has 0 amide bonds. The maximum Gasteiger partial charge on any atom is 0.328 e. The van der Waals surface area contributed by atoms with Crippen molar-refractivity contribution in [2.75, 3.05) is 11.4 Å². The van der Waals surface area contributed by atoms with Crippen molar-refractivity contribution in [2.45, 2.75) is 31.7 Å². The molecule has 2 aliphatic carbocycles. The lowest BCUT2D eigenvalue weighted by Crippen LogP contribution is -2.28. The van der Waals surface area contributed by atoms with Crippen molar-refractivity contribution < 1.29 is 9.90 Å². The third kappa shape index (κ3) is 3.16. The number of hydrogen-bond acceptors (Lipinski definition) is 2. The summed E-state index contributed by atoms with van der Waals surface area (Å²) in [6, 6.07) is 8.78. The van der Waals surface area contributed by atoms with Crippen molar-refractivity contribution in [2.24, 2.45) is 5.92 Å². The second-order valence-electron chi connectivity index (χ2n) is 5.56. The van der Waals surface area contributed by atoms with Crippen LogP contribution in [0.4, 0.5) is 5.69 Å². The van der Waals surface area contributed by atoms with E-state index in [0.717, 1.165) is 18.0 Å². The molecule has 0 bridgehead atoms. The minimum Gasteiger partial charge on any atom is -0.478 e. The molecule has 2 fully saturated rings. The monoisotopic (exact) mass is 257 g/mol. The summed E-state index contributed by atoms with van der Waals surface area (Å²) in [4.78, 5) is 13.2. The zero-order valence-electron chi connectivity index (χ0n) is 11.0. The molecule has 1 N–H and O–H groups in total. The van der Waals surface area contributed by atoms with E-state index in [0.29, 0.717) is 6.04 Å². The maximum absolute atomic E-state index is 10.7. The molecular weight excluding hydrogens is 238 g/mol. The van der Waals surface area contributed by atoms with Crippen molar-refractivity contribution in [3.63, 3.8) is 0 Å². The molecule has 0 unspecified atom stereocenters. The summed E-state index contributed by atoms with van der Waals surface area (Å²) in [7, 11) is 0. The molecule has 0 saturated heterocycles. The lowest BCUT2D eigenvalue weighted by molar-refractivity contribution is -0.131. The molecule has 0 atom stereocenters. The van der Waals surface area contributed by atoms with Gasteiger partial charge in [0.05, 0.1) is 0 Å². The van der Waals surface area contributed by atoms with Crippen LogP contribution < -0.4 is 4.90 Å². The first-order chi connectivity index (χ1) is 9.24. The Kier molecular flexibility index (Phi) is 3.28. The largest absolute Gasteiger partial charge is 0.478 e. The Hall–Kier alpha value is -1.77. The van der Waals surface area contributed by atoms with Gasteiger partial charge >= 0.3 is 5.97 Å². The number of carboxylic acids is 1. The van der Waals surface area contributed by atoms with E-state index in [-0.39, 0.29) is 0 Å². The molecule has 0 heterocycles. The fourth-order valence-corrected chi connectivity index (χ4v) is 2.46. The zero-order valence-corrected chi connectivity index (χ0v) is 11.0. The maximum atomic E-state index is 10.7. The summed E-state index contributed by atoms with van der Waals surface area (Å²) in [6.07, 6.45) is 8.15. The highest BCUT2D eigenvalue weighted by Gasteiger charge is 2.34.